The minimum Gasteiger partial charge on any atom is -0.462 e. The summed E-state index contributed by atoms with van der Waals surface area (Å²) in [4.78, 5) is 39.0. The van der Waals surface area contributed by atoms with Crippen LogP contribution >= 0.6 is 0 Å². The van der Waals surface area contributed by atoms with Crippen LogP contribution in [0.4, 0.5) is 5.69 Å². The third kappa shape index (κ3) is 5.86. The van der Waals surface area contributed by atoms with Crippen molar-refractivity contribution in [2.24, 2.45) is 0 Å². The molecule has 1 heterocycles. The molecule has 0 bridgehead atoms. The number of carbonyl (C=O) groups is 3. The van der Waals surface area contributed by atoms with E-state index in [-0.39, 0.29) is 24.3 Å². The van der Waals surface area contributed by atoms with Gasteiger partial charge < -0.3 is 15.0 Å². The van der Waals surface area contributed by atoms with Crippen LogP contribution in [-0.4, -0.2) is 66.9 Å². The van der Waals surface area contributed by atoms with Gasteiger partial charge in [-0.1, -0.05) is 6.92 Å². The summed E-state index contributed by atoms with van der Waals surface area (Å²) in [5.74, 6) is -0.401. The molecule has 0 atom stereocenters. The highest BCUT2D eigenvalue weighted by molar-refractivity contribution is 5.94. The zero-order valence-electron chi connectivity index (χ0n) is 14.8. The number of amides is 2. The van der Waals surface area contributed by atoms with Gasteiger partial charge in [-0.3, -0.25) is 14.5 Å². The first-order chi connectivity index (χ1) is 12.0. The third-order valence-electron chi connectivity index (χ3n) is 4.03. The van der Waals surface area contributed by atoms with Crippen molar-refractivity contribution in [3.63, 3.8) is 0 Å². The molecule has 1 aliphatic rings. The summed E-state index contributed by atoms with van der Waals surface area (Å²) in [5, 5.41) is 2.82. The highest BCUT2D eigenvalue weighted by Crippen LogP contribution is 2.11. The van der Waals surface area contributed by atoms with Gasteiger partial charge in [0.15, 0.2) is 0 Å². The van der Waals surface area contributed by atoms with Crippen molar-refractivity contribution in [2.75, 3.05) is 44.6 Å². The van der Waals surface area contributed by atoms with E-state index >= 15 is 0 Å². The lowest BCUT2D eigenvalue weighted by atomic mass is 10.2. The molecule has 1 aromatic carbocycles. The van der Waals surface area contributed by atoms with Crippen molar-refractivity contribution in [3.8, 4) is 0 Å². The van der Waals surface area contributed by atoms with Crippen LogP contribution in [0.25, 0.3) is 0 Å². The van der Waals surface area contributed by atoms with Crippen LogP contribution in [0.1, 0.15) is 30.6 Å². The predicted octanol–water partition coefficient (Wildman–Crippen LogP) is 1.36. The van der Waals surface area contributed by atoms with Gasteiger partial charge in [-0.25, -0.2) is 4.79 Å². The molecule has 25 heavy (non-hydrogen) atoms. The van der Waals surface area contributed by atoms with E-state index in [0.29, 0.717) is 44.0 Å². The second-order valence-corrected chi connectivity index (χ2v) is 6.04. The molecule has 136 valence electrons. The van der Waals surface area contributed by atoms with Gasteiger partial charge in [0, 0.05) is 38.8 Å². The molecule has 0 aliphatic carbocycles. The minimum absolute atomic E-state index is 0.0710. The summed E-state index contributed by atoms with van der Waals surface area (Å²) in [6.07, 6.45) is 0.778. The number of nitrogens with one attached hydrogen (secondary N) is 1. The lowest BCUT2D eigenvalue weighted by Gasteiger charge is -2.33. The number of esters is 1. The quantitative estimate of drug-likeness (QED) is 0.786. The van der Waals surface area contributed by atoms with Crippen LogP contribution in [0.3, 0.4) is 0 Å². The Morgan fingerprint density at radius 2 is 1.72 bits per heavy atom. The average Bonchev–Trinajstić information content (AvgIpc) is 2.60. The number of benzene rings is 1. The normalized spacial score (nSPS) is 14.9. The molecular formula is C18H25N3O4. The summed E-state index contributed by atoms with van der Waals surface area (Å²) < 4.78 is 5.06. The van der Waals surface area contributed by atoms with E-state index in [9.17, 15) is 14.4 Å². The molecular weight excluding hydrogens is 322 g/mol. The van der Waals surface area contributed by atoms with Crippen LogP contribution in [0.5, 0.6) is 0 Å². The monoisotopic (exact) mass is 347 g/mol. The minimum atomic E-state index is -0.358. The highest BCUT2D eigenvalue weighted by atomic mass is 16.5. The molecule has 0 radical (unpaired) electrons. The van der Waals surface area contributed by atoms with Gasteiger partial charge in [0.25, 0.3) is 0 Å². The molecule has 0 unspecified atom stereocenters. The fourth-order valence-corrected chi connectivity index (χ4v) is 2.59. The molecule has 1 fully saturated rings. The van der Waals surface area contributed by atoms with Gasteiger partial charge >= 0.3 is 5.97 Å². The Bertz CT molecular complexity index is 607. The first kappa shape index (κ1) is 18.9. The van der Waals surface area contributed by atoms with Crippen LogP contribution in [0.2, 0.25) is 0 Å². The van der Waals surface area contributed by atoms with E-state index in [1.165, 1.54) is 0 Å². The van der Waals surface area contributed by atoms with Gasteiger partial charge in [-0.05, 0) is 30.7 Å². The third-order valence-corrected chi connectivity index (χ3v) is 4.03. The summed E-state index contributed by atoms with van der Waals surface area (Å²) in [7, 11) is 0. The van der Waals surface area contributed by atoms with Crippen LogP contribution in [-0.2, 0) is 14.3 Å². The summed E-state index contributed by atoms with van der Waals surface area (Å²) in [6, 6.07) is 6.65. The van der Waals surface area contributed by atoms with E-state index in [4.69, 9.17) is 4.74 Å². The summed E-state index contributed by atoms with van der Waals surface area (Å²) in [5.41, 5.74) is 1.10. The van der Waals surface area contributed by atoms with Gasteiger partial charge in [0.2, 0.25) is 11.8 Å². The Morgan fingerprint density at radius 1 is 1.08 bits per heavy atom. The van der Waals surface area contributed by atoms with Crippen molar-refractivity contribution in [3.05, 3.63) is 29.8 Å². The zero-order valence-corrected chi connectivity index (χ0v) is 14.8. The number of piperazine rings is 1. The molecule has 1 N–H and O–H groups in total. The SMILES string of the molecule is CCCOC(=O)c1ccc(NC(=O)CN2CCN(C(C)=O)CC2)cc1. The van der Waals surface area contributed by atoms with Crippen molar-refractivity contribution in [1.82, 2.24) is 9.80 Å². The van der Waals surface area contributed by atoms with Crippen molar-refractivity contribution >= 4 is 23.5 Å². The van der Waals surface area contributed by atoms with Crippen LogP contribution in [0.15, 0.2) is 24.3 Å². The number of hydrogen-bond donors (Lipinski definition) is 1. The molecule has 2 rings (SSSR count). The molecule has 7 nitrogen and oxygen atoms in total. The Kier molecular flexibility index (Phi) is 6.94. The van der Waals surface area contributed by atoms with Gasteiger partial charge in [-0.2, -0.15) is 0 Å². The fraction of sp³-hybridized carbons (Fsp3) is 0.500. The summed E-state index contributed by atoms with van der Waals surface area (Å²) >= 11 is 0. The standard InChI is InChI=1S/C18H25N3O4/c1-3-12-25-18(24)15-4-6-16(7-5-15)19-17(23)13-20-8-10-21(11-9-20)14(2)22/h4-7H,3,8-13H2,1-2H3,(H,19,23). The maximum absolute atomic E-state index is 12.1. The molecule has 1 aromatic rings. The predicted molar refractivity (Wildman–Crippen MR) is 94.3 cm³/mol. The molecule has 0 aromatic heterocycles. The van der Waals surface area contributed by atoms with E-state index in [1.54, 1.807) is 36.1 Å². The van der Waals surface area contributed by atoms with Crippen LogP contribution in [0, 0.1) is 0 Å². The second-order valence-electron chi connectivity index (χ2n) is 6.04. The fourth-order valence-electron chi connectivity index (χ4n) is 2.59. The smallest absolute Gasteiger partial charge is 0.338 e. The van der Waals surface area contributed by atoms with E-state index in [1.807, 2.05) is 11.8 Å². The zero-order chi connectivity index (χ0) is 18.2. The molecule has 1 aliphatic heterocycles. The molecule has 0 spiro atoms. The molecule has 1 saturated heterocycles. The van der Waals surface area contributed by atoms with Gasteiger partial charge in [0.05, 0.1) is 18.7 Å². The Morgan fingerprint density at radius 3 is 2.28 bits per heavy atom. The largest absolute Gasteiger partial charge is 0.462 e. The van der Waals surface area contributed by atoms with Crippen LogP contribution < -0.4 is 5.32 Å². The molecule has 0 saturated carbocycles. The topological polar surface area (TPSA) is 79.0 Å². The van der Waals surface area contributed by atoms with Crippen molar-refractivity contribution in [1.29, 1.82) is 0 Å². The molecule has 7 heteroatoms. The van der Waals surface area contributed by atoms with Gasteiger partial charge in [0.1, 0.15) is 0 Å². The Balaban J connectivity index is 1.79. The first-order valence-electron chi connectivity index (χ1n) is 8.54. The number of ether oxygens (including phenoxy) is 1. The van der Waals surface area contributed by atoms with Crippen molar-refractivity contribution in [2.45, 2.75) is 20.3 Å². The first-order valence-corrected chi connectivity index (χ1v) is 8.54. The van der Waals surface area contributed by atoms with E-state index in [0.717, 1.165) is 6.42 Å². The number of carbonyl (C=O) groups excluding carboxylic acids is 3. The maximum Gasteiger partial charge on any atom is 0.338 e. The Labute approximate surface area is 147 Å². The van der Waals surface area contributed by atoms with E-state index in [2.05, 4.69) is 5.32 Å². The lowest BCUT2D eigenvalue weighted by molar-refractivity contribution is -0.130. The molecule has 2 amide bonds. The number of hydrogen-bond acceptors (Lipinski definition) is 5. The van der Waals surface area contributed by atoms with Gasteiger partial charge in [-0.15, -0.1) is 0 Å². The number of anilines is 1. The highest BCUT2D eigenvalue weighted by Gasteiger charge is 2.20. The maximum atomic E-state index is 12.1. The van der Waals surface area contributed by atoms with Crippen molar-refractivity contribution < 1.29 is 19.1 Å². The lowest BCUT2D eigenvalue weighted by Crippen LogP contribution is -2.49. The summed E-state index contributed by atoms with van der Waals surface area (Å²) in [6.45, 7) is 6.86. The average molecular weight is 347 g/mol. The number of rotatable bonds is 6. The Hall–Kier alpha value is -2.41. The second kappa shape index (κ2) is 9.17. The number of nitrogens with zero attached hydrogens (tertiary/aromatic N) is 2. The van der Waals surface area contributed by atoms with E-state index < -0.39 is 0 Å².